The fourth-order valence-corrected chi connectivity index (χ4v) is 3.23. The summed E-state index contributed by atoms with van der Waals surface area (Å²) in [6, 6.07) is 9.10. The van der Waals surface area contributed by atoms with Crippen molar-refractivity contribution in [2.45, 2.75) is 13.2 Å². The molecule has 0 aliphatic carbocycles. The Kier molecular flexibility index (Phi) is 6.24. The van der Waals surface area contributed by atoms with Crippen molar-refractivity contribution in [3.8, 4) is 11.5 Å². The van der Waals surface area contributed by atoms with E-state index in [0.717, 1.165) is 15.6 Å². The highest BCUT2D eigenvalue weighted by Crippen LogP contribution is 2.35. The minimum Gasteiger partial charge on any atom is -0.493 e. The first kappa shape index (κ1) is 18.8. The van der Waals surface area contributed by atoms with Crippen LogP contribution in [0.5, 0.6) is 11.5 Å². The van der Waals surface area contributed by atoms with Crippen molar-refractivity contribution in [3.63, 3.8) is 0 Å². The SMILES string of the molecule is COc1cc(CNn2cnnc2)c(Br)cc1OCc1c(Cl)cccc1Cl. The molecular formula is C17H15BrCl2N4O2. The summed E-state index contributed by atoms with van der Waals surface area (Å²) in [7, 11) is 1.59. The first-order chi connectivity index (χ1) is 12.6. The van der Waals surface area contributed by atoms with Crippen molar-refractivity contribution < 1.29 is 9.47 Å². The second kappa shape index (κ2) is 8.62. The Morgan fingerprint density at radius 3 is 2.46 bits per heavy atom. The molecule has 3 rings (SSSR count). The van der Waals surface area contributed by atoms with Crippen LogP contribution in [0.25, 0.3) is 0 Å². The highest BCUT2D eigenvalue weighted by Gasteiger charge is 2.13. The number of halogens is 3. The molecule has 0 saturated carbocycles. The standard InChI is InChI=1S/C17H15BrCl2N4O2/c1-25-16-5-11(7-23-24-9-21-22-10-24)13(18)6-17(16)26-8-12-14(19)3-2-4-15(12)20/h2-6,9-10,23H,7-8H2,1H3. The number of nitrogens with one attached hydrogen (secondary N) is 1. The van der Waals surface area contributed by atoms with Gasteiger partial charge >= 0.3 is 0 Å². The molecule has 0 aliphatic rings. The summed E-state index contributed by atoms with van der Waals surface area (Å²) >= 11 is 15.9. The van der Waals surface area contributed by atoms with Crippen LogP contribution in [0.4, 0.5) is 0 Å². The number of ether oxygens (including phenoxy) is 2. The average Bonchev–Trinajstić information content (AvgIpc) is 3.14. The fraction of sp³-hybridized carbons (Fsp3) is 0.176. The van der Waals surface area contributed by atoms with Crippen LogP contribution in [0.3, 0.4) is 0 Å². The van der Waals surface area contributed by atoms with Crippen LogP contribution < -0.4 is 14.9 Å². The van der Waals surface area contributed by atoms with Gasteiger partial charge in [-0.15, -0.1) is 10.2 Å². The first-order valence-corrected chi connectivity index (χ1v) is 9.14. The van der Waals surface area contributed by atoms with Crippen molar-refractivity contribution in [2.75, 3.05) is 12.5 Å². The molecule has 136 valence electrons. The molecule has 0 aliphatic heterocycles. The van der Waals surface area contributed by atoms with Crippen molar-refractivity contribution >= 4 is 39.1 Å². The average molecular weight is 458 g/mol. The number of nitrogens with zero attached hydrogens (tertiary/aromatic N) is 3. The van der Waals surface area contributed by atoms with Crippen LogP contribution in [0.15, 0.2) is 47.5 Å². The van der Waals surface area contributed by atoms with Gasteiger partial charge in [0.25, 0.3) is 0 Å². The van der Waals surface area contributed by atoms with Crippen molar-refractivity contribution in [2.24, 2.45) is 0 Å². The molecule has 0 unspecified atom stereocenters. The second-order valence-electron chi connectivity index (χ2n) is 5.29. The van der Waals surface area contributed by atoms with Gasteiger partial charge < -0.3 is 14.9 Å². The van der Waals surface area contributed by atoms with E-state index in [4.69, 9.17) is 32.7 Å². The quantitative estimate of drug-likeness (QED) is 0.558. The lowest BCUT2D eigenvalue weighted by atomic mass is 10.2. The molecule has 2 aromatic carbocycles. The molecule has 1 aromatic heterocycles. The molecule has 3 aromatic rings. The molecule has 26 heavy (non-hydrogen) atoms. The monoisotopic (exact) mass is 456 g/mol. The van der Waals surface area contributed by atoms with Gasteiger partial charge in [0.15, 0.2) is 11.5 Å². The maximum atomic E-state index is 6.19. The van der Waals surface area contributed by atoms with Gasteiger partial charge in [-0.1, -0.05) is 45.2 Å². The fourth-order valence-electron chi connectivity index (χ4n) is 2.26. The van der Waals surface area contributed by atoms with Crippen LogP contribution in [0.2, 0.25) is 10.0 Å². The molecule has 9 heteroatoms. The molecule has 0 bridgehead atoms. The Morgan fingerprint density at radius 1 is 1.12 bits per heavy atom. The van der Waals surface area contributed by atoms with Crippen LogP contribution >= 0.6 is 39.1 Å². The third kappa shape index (κ3) is 4.41. The van der Waals surface area contributed by atoms with Crippen LogP contribution in [-0.2, 0) is 13.2 Å². The predicted molar refractivity (Wildman–Crippen MR) is 105 cm³/mol. The zero-order chi connectivity index (χ0) is 18.5. The molecule has 6 nitrogen and oxygen atoms in total. The second-order valence-corrected chi connectivity index (χ2v) is 6.96. The largest absolute Gasteiger partial charge is 0.493 e. The Labute approximate surface area is 169 Å². The molecule has 0 atom stereocenters. The van der Waals surface area contributed by atoms with Gasteiger partial charge in [-0.25, -0.2) is 4.68 Å². The maximum Gasteiger partial charge on any atom is 0.162 e. The van der Waals surface area contributed by atoms with E-state index in [1.165, 1.54) is 0 Å². The smallest absolute Gasteiger partial charge is 0.162 e. The minimum absolute atomic E-state index is 0.236. The summed E-state index contributed by atoms with van der Waals surface area (Å²) in [5.74, 6) is 1.19. The third-order valence-electron chi connectivity index (χ3n) is 3.64. The summed E-state index contributed by atoms with van der Waals surface area (Å²) < 4.78 is 13.9. The van der Waals surface area contributed by atoms with E-state index in [2.05, 4.69) is 31.6 Å². The molecule has 1 N–H and O–H groups in total. The number of rotatable bonds is 7. The van der Waals surface area contributed by atoms with Crippen molar-refractivity contribution in [1.29, 1.82) is 0 Å². The molecule has 0 spiro atoms. The van der Waals surface area contributed by atoms with Gasteiger partial charge in [-0.3, -0.25) is 0 Å². The molecule has 1 heterocycles. The lowest BCUT2D eigenvalue weighted by Gasteiger charge is -2.15. The minimum atomic E-state index is 0.236. The topological polar surface area (TPSA) is 61.2 Å². The molecule has 0 radical (unpaired) electrons. The van der Waals surface area contributed by atoms with Gasteiger partial charge in [0.1, 0.15) is 19.3 Å². The third-order valence-corrected chi connectivity index (χ3v) is 5.08. The van der Waals surface area contributed by atoms with Crippen molar-refractivity contribution in [3.05, 3.63) is 68.6 Å². The van der Waals surface area contributed by atoms with Crippen molar-refractivity contribution in [1.82, 2.24) is 14.9 Å². The summed E-state index contributed by atoms with van der Waals surface area (Å²) in [4.78, 5) is 0. The van der Waals surface area contributed by atoms with E-state index in [0.29, 0.717) is 28.1 Å². The van der Waals surface area contributed by atoms with E-state index < -0.39 is 0 Å². The van der Waals surface area contributed by atoms with Gasteiger partial charge in [-0.05, 0) is 29.8 Å². The number of aromatic nitrogens is 3. The van der Waals surface area contributed by atoms with Gasteiger partial charge in [-0.2, -0.15) is 0 Å². The van der Waals surface area contributed by atoms with E-state index in [1.807, 2.05) is 12.1 Å². The van der Waals surface area contributed by atoms with E-state index in [-0.39, 0.29) is 6.61 Å². The maximum absolute atomic E-state index is 6.19. The number of methoxy groups -OCH3 is 1. The summed E-state index contributed by atoms with van der Waals surface area (Å²) in [6.45, 7) is 0.783. The Bertz CT molecular complexity index is 870. The van der Waals surface area contributed by atoms with E-state index in [9.17, 15) is 0 Å². The molecule has 0 saturated heterocycles. The highest BCUT2D eigenvalue weighted by atomic mass is 79.9. The predicted octanol–water partition coefficient (Wildman–Crippen LogP) is 4.68. The van der Waals surface area contributed by atoms with Gasteiger partial charge in [0, 0.05) is 20.1 Å². The number of hydrogen-bond acceptors (Lipinski definition) is 5. The summed E-state index contributed by atoms with van der Waals surface area (Å²) in [6.07, 6.45) is 3.16. The number of benzene rings is 2. The molecular weight excluding hydrogens is 443 g/mol. The highest BCUT2D eigenvalue weighted by molar-refractivity contribution is 9.10. The van der Waals surface area contributed by atoms with Gasteiger partial charge in [0.05, 0.1) is 13.7 Å². The normalized spacial score (nSPS) is 10.6. The lowest BCUT2D eigenvalue weighted by molar-refractivity contribution is 0.284. The Morgan fingerprint density at radius 2 is 1.81 bits per heavy atom. The van der Waals surface area contributed by atoms with Gasteiger partial charge in [0.2, 0.25) is 0 Å². The molecule has 0 amide bonds. The first-order valence-electron chi connectivity index (χ1n) is 7.59. The van der Waals surface area contributed by atoms with Crippen LogP contribution in [0.1, 0.15) is 11.1 Å². The van der Waals surface area contributed by atoms with E-state index >= 15 is 0 Å². The Hall–Kier alpha value is -1.96. The van der Waals surface area contributed by atoms with Crippen LogP contribution in [-0.4, -0.2) is 22.0 Å². The Balaban J connectivity index is 1.76. The molecule has 0 fully saturated rings. The summed E-state index contributed by atoms with van der Waals surface area (Å²) in [5, 5.41) is 8.61. The van der Waals surface area contributed by atoms with E-state index in [1.54, 1.807) is 42.6 Å². The van der Waals surface area contributed by atoms with Crippen LogP contribution in [0, 0.1) is 0 Å². The summed E-state index contributed by atoms with van der Waals surface area (Å²) in [5.41, 5.74) is 4.87. The zero-order valence-electron chi connectivity index (χ0n) is 13.7. The number of hydrogen-bond donors (Lipinski definition) is 1. The zero-order valence-corrected chi connectivity index (χ0v) is 16.8. The lowest BCUT2D eigenvalue weighted by Crippen LogP contribution is -2.12.